The van der Waals surface area contributed by atoms with Crippen molar-refractivity contribution >= 4 is 23.2 Å². The number of hydrogen-bond acceptors (Lipinski definition) is 5. The van der Waals surface area contributed by atoms with Crippen LogP contribution in [-0.4, -0.2) is 28.5 Å². The minimum atomic E-state index is -0.288. The van der Waals surface area contributed by atoms with Gasteiger partial charge in [0.15, 0.2) is 0 Å². The number of nitrogens with one attached hydrogen (secondary N) is 1. The summed E-state index contributed by atoms with van der Waals surface area (Å²) >= 11 is 0. The largest absolute Gasteiger partial charge is 0.492 e. The van der Waals surface area contributed by atoms with Crippen LogP contribution in [0, 0.1) is 6.92 Å². The van der Waals surface area contributed by atoms with E-state index in [4.69, 9.17) is 4.74 Å². The minimum absolute atomic E-state index is 0.226. The quantitative estimate of drug-likeness (QED) is 0.696. The number of hydrogen-bond donors (Lipinski definition) is 1. The van der Waals surface area contributed by atoms with Crippen LogP contribution in [0.5, 0.6) is 5.75 Å². The smallest absolute Gasteiger partial charge is 0.274 e. The molecule has 0 fully saturated rings. The molecule has 1 aliphatic rings. The minimum Gasteiger partial charge on any atom is -0.492 e. The molecule has 2 aromatic carbocycles. The van der Waals surface area contributed by atoms with Crippen LogP contribution in [0.3, 0.4) is 0 Å². The van der Waals surface area contributed by atoms with E-state index in [0.29, 0.717) is 29.7 Å². The number of rotatable bonds is 5. The van der Waals surface area contributed by atoms with Gasteiger partial charge >= 0.3 is 0 Å². The van der Waals surface area contributed by atoms with Crippen molar-refractivity contribution in [2.45, 2.75) is 33.2 Å². The lowest BCUT2D eigenvalue weighted by molar-refractivity contribution is 0.102. The number of carbonyl (C=O) groups excluding carboxylic acids is 1. The maximum Gasteiger partial charge on any atom is 0.274 e. The van der Waals surface area contributed by atoms with Crippen LogP contribution in [-0.2, 0) is 6.42 Å². The molecule has 148 valence electrons. The predicted octanol–water partition coefficient (Wildman–Crippen LogP) is 4.52. The SMILES string of the molecule is CCOc1ccccc1NC(=O)c1cc(C)nc(N2c3ccccc3CC2C)n1. The summed E-state index contributed by atoms with van der Waals surface area (Å²) in [5.41, 5.74) is 4.06. The zero-order valence-corrected chi connectivity index (χ0v) is 16.8. The van der Waals surface area contributed by atoms with Crippen molar-refractivity contribution in [1.82, 2.24) is 9.97 Å². The predicted molar refractivity (Wildman–Crippen MR) is 114 cm³/mol. The van der Waals surface area contributed by atoms with Crippen LogP contribution in [0.15, 0.2) is 54.6 Å². The second kappa shape index (κ2) is 7.91. The van der Waals surface area contributed by atoms with Gasteiger partial charge in [0.25, 0.3) is 5.91 Å². The summed E-state index contributed by atoms with van der Waals surface area (Å²) in [5, 5.41) is 2.91. The highest BCUT2D eigenvalue weighted by molar-refractivity contribution is 6.04. The highest BCUT2D eigenvalue weighted by Crippen LogP contribution is 2.36. The topological polar surface area (TPSA) is 67.3 Å². The molecule has 0 aliphatic carbocycles. The lowest BCUT2D eigenvalue weighted by Gasteiger charge is -2.23. The number of aromatic nitrogens is 2. The van der Waals surface area contributed by atoms with Gasteiger partial charge in [-0.1, -0.05) is 30.3 Å². The average Bonchev–Trinajstić information content (AvgIpc) is 3.05. The molecule has 1 unspecified atom stereocenters. The molecule has 1 aromatic heterocycles. The van der Waals surface area contributed by atoms with Crippen LogP contribution in [0.1, 0.15) is 35.6 Å². The Morgan fingerprint density at radius 1 is 1.17 bits per heavy atom. The van der Waals surface area contributed by atoms with E-state index in [-0.39, 0.29) is 11.9 Å². The Hall–Kier alpha value is -3.41. The van der Waals surface area contributed by atoms with Crippen molar-refractivity contribution in [2.75, 3.05) is 16.8 Å². The third-order valence-electron chi connectivity index (χ3n) is 4.93. The van der Waals surface area contributed by atoms with Crippen molar-refractivity contribution < 1.29 is 9.53 Å². The van der Waals surface area contributed by atoms with Gasteiger partial charge in [0.2, 0.25) is 5.95 Å². The third kappa shape index (κ3) is 3.78. The van der Waals surface area contributed by atoms with Gasteiger partial charge in [-0.25, -0.2) is 9.97 Å². The summed E-state index contributed by atoms with van der Waals surface area (Å²) in [6.45, 7) is 6.45. The van der Waals surface area contributed by atoms with Crippen molar-refractivity contribution in [3.05, 3.63) is 71.5 Å². The van der Waals surface area contributed by atoms with E-state index >= 15 is 0 Å². The first-order chi connectivity index (χ1) is 14.1. The van der Waals surface area contributed by atoms with E-state index in [1.54, 1.807) is 6.07 Å². The molecule has 1 atom stereocenters. The molecule has 4 rings (SSSR count). The molecule has 0 radical (unpaired) electrons. The standard InChI is InChI=1S/C23H24N4O2/c1-4-29-21-12-8-6-10-18(21)25-22(28)19-13-15(2)24-23(26-19)27-16(3)14-17-9-5-7-11-20(17)27/h5-13,16H,4,14H2,1-3H3,(H,25,28). The third-order valence-corrected chi connectivity index (χ3v) is 4.93. The Balaban J connectivity index is 1.65. The van der Waals surface area contributed by atoms with Crippen molar-refractivity contribution in [2.24, 2.45) is 0 Å². The van der Waals surface area contributed by atoms with Gasteiger partial charge in [0.1, 0.15) is 11.4 Å². The normalized spacial score (nSPS) is 15.1. The van der Waals surface area contributed by atoms with E-state index in [1.807, 2.05) is 50.2 Å². The van der Waals surface area contributed by atoms with E-state index in [1.165, 1.54) is 5.56 Å². The Kier molecular flexibility index (Phi) is 5.16. The summed E-state index contributed by atoms with van der Waals surface area (Å²) in [6, 6.07) is 17.6. The number of fused-ring (bicyclic) bond motifs is 1. The van der Waals surface area contributed by atoms with Gasteiger partial charge in [-0.05, 0) is 57.0 Å². The Bertz CT molecular complexity index is 1050. The van der Waals surface area contributed by atoms with E-state index in [0.717, 1.165) is 17.8 Å². The van der Waals surface area contributed by atoms with Crippen LogP contribution >= 0.6 is 0 Å². The highest BCUT2D eigenvalue weighted by Gasteiger charge is 2.29. The molecule has 0 bridgehead atoms. The summed E-state index contributed by atoms with van der Waals surface area (Å²) in [4.78, 5) is 24.3. The molecule has 0 saturated carbocycles. The van der Waals surface area contributed by atoms with Crippen molar-refractivity contribution in [1.29, 1.82) is 0 Å². The lowest BCUT2D eigenvalue weighted by Crippen LogP contribution is -2.27. The molecule has 0 spiro atoms. The van der Waals surface area contributed by atoms with Gasteiger partial charge in [-0.2, -0.15) is 0 Å². The van der Waals surface area contributed by atoms with Crippen molar-refractivity contribution in [3.8, 4) is 5.75 Å². The molecule has 6 heteroatoms. The number of carbonyl (C=O) groups is 1. The summed E-state index contributed by atoms with van der Waals surface area (Å²) in [7, 11) is 0. The molecule has 2 heterocycles. The highest BCUT2D eigenvalue weighted by atomic mass is 16.5. The average molecular weight is 388 g/mol. The summed E-state index contributed by atoms with van der Waals surface area (Å²) in [6.07, 6.45) is 0.927. The summed E-state index contributed by atoms with van der Waals surface area (Å²) < 4.78 is 5.60. The number of para-hydroxylation sites is 3. The Morgan fingerprint density at radius 3 is 2.76 bits per heavy atom. The fourth-order valence-electron chi connectivity index (χ4n) is 3.68. The Labute approximate surface area is 170 Å². The second-order valence-electron chi connectivity index (χ2n) is 7.13. The number of nitrogens with zero attached hydrogens (tertiary/aromatic N) is 3. The van der Waals surface area contributed by atoms with Gasteiger partial charge in [0.05, 0.1) is 12.3 Å². The van der Waals surface area contributed by atoms with Gasteiger partial charge in [0, 0.05) is 17.4 Å². The number of aryl methyl sites for hydroxylation is 1. The molecule has 1 aliphatic heterocycles. The maximum absolute atomic E-state index is 12.9. The van der Waals surface area contributed by atoms with Crippen LogP contribution in [0.4, 0.5) is 17.3 Å². The molecule has 6 nitrogen and oxygen atoms in total. The fourth-order valence-corrected chi connectivity index (χ4v) is 3.68. The van der Waals surface area contributed by atoms with Gasteiger partial charge in [-0.3, -0.25) is 4.79 Å². The molecule has 0 saturated heterocycles. The lowest BCUT2D eigenvalue weighted by atomic mass is 10.1. The van der Waals surface area contributed by atoms with E-state index < -0.39 is 0 Å². The van der Waals surface area contributed by atoms with E-state index in [9.17, 15) is 4.79 Å². The molecule has 3 aromatic rings. The zero-order valence-electron chi connectivity index (χ0n) is 16.8. The van der Waals surface area contributed by atoms with Crippen LogP contribution in [0.25, 0.3) is 0 Å². The molecule has 1 N–H and O–H groups in total. The first-order valence-electron chi connectivity index (χ1n) is 9.83. The fraction of sp³-hybridized carbons (Fsp3) is 0.261. The van der Waals surface area contributed by atoms with E-state index in [2.05, 4.69) is 39.2 Å². The number of ether oxygens (including phenoxy) is 1. The molecule has 1 amide bonds. The number of amides is 1. The second-order valence-corrected chi connectivity index (χ2v) is 7.13. The monoisotopic (exact) mass is 388 g/mol. The summed E-state index contributed by atoms with van der Waals surface area (Å²) in [5.74, 6) is 0.895. The van der Waals surface area contributed by atoms with Crippen LogP contribution in [0.2, 0.25) is 0 Å². The van der Waals surface area contributed by atoms with Crippen molar-refractivity contribution in [3.63, 3.8) is 0 Å². The first kappa shape index (κ1) is 18.9. The maximum atomic E-state index is 12.9. The Morgan fingerprint density at radius 2 is 1.93 bits per heavy atom. The number of anilines is 3. The molecular formula is C23H24N4O2. The molecular weight excluding hydrogens is 364 g/mol. The zero-order chi connectivity index (χ0) is 20.4. The van der Waals surface area contributed by atoms with Crippen LogP contribution < -0.4 is 15.0 Å². The molecule has 29 heavy (non-hydrogen) atoms. The first-order valence-corrected chi connectivity index (χ1v) is 9.83. The number of benzene rings is 2. The van der Waals surface area contributed by atoms with Gasteiger partial charge in [-0.15, -0.1) is 0 Å². The van der Waals surface area contributed by atoms with Gasteiger partial charge < -0.3 is 15.0 Å².